The van der Waals surface area contributed by atoms with Crippen LogP contribution in [0.2, 0.25) is 0 Å². The normalized spacial score (nSPS) is 10.1. The molecule has 0 atom stereocenters. The summed E-state index contributed by atoms with van der Waals surface area (Å²) in [5.41, 5.74) is 6.24. The van der Waals surface area contributed by atoms with Crippen molar-refractivity contribution in [3.63, 3.8) is 0 Å². The van der Waals surface area contributed by atoms with Crippen molar-refractivity contribution >= 4 is 17.5 Å². The third kappa shape index (κ3) is 2.54. The second-order valence-corrected chi connectivity index (χ2v) is 3.65. The molecule has 2 amide bonds. The highest BCUT2D eigenvalue weighted by Crippen LogP contribution is 2.11. The van der Waals surface area contributed by atoms with Crippen LogP contribution < -0.4 is 11.1 Å². The van der Waals surface area contributed by atoms with E-state index in [1.165, 1.54) is 18.4 Å². The van der Waals surface area contributed by atoms with Crippen LogP contribution in [-0.4, -0.2) is 16.8 Å². The molecule has 0 aliphatic heterocycles. The van der Waals surface area contributed by atoms with Crippen molar-refractivity contribution in [2.24, 2.45) is 5.73 Å². The van der Waals surface area contributed by atoms with Gasteiger partial charge in [-0.25, -0.2) is 4.98 Å². The first-order valence-electron chi connectivity index (χ1n) is 5.19. The molecule has 6 heteroatoms. The van der Waals surface area contributed by atoms with Crippen LogP contribution >= 0.6 is 0 Å². The van der Waals surface area contributed by atoms with Crippen LogP contribution in [0, 0.1) is 6.92 Å². The molecule has 2 rings (SSSR count). The smallest absolute Gasteiger partial charge is 0.277 e. The van der Waals surface area contributed by atoms with Gasteiger partial charge in [0, 0.05) is 18.2 Å². The minimum atomic E-state index is -0.514. The minimum absolute atomic E-state index is 0.200. The van der Waals surface area contributed by atoms with Crippen molar-refractivity contribution in [2.75, 3.05) is 5.32 Å². The van der Waals surface area contributed by atoms with Crippen molar-refractivity contribution in [3.8, 4) is 0 Å². The lowest BCUT2D eigenvalue weighted by molar-refractivity contribution is 0.0998. The van der Waals surface area contributed by atoms with Gasteiger partial charge >= 0.3 is 0 Å². The molecule has 0 spiro atoms. The van der Waals surface area contributed by atoms with Gasteiger partial charge in [-0.2, -0.15) is 0 Å². The predicted octanol–water partition coefficient (Wildman–Crippen LogP) is 1.33. The van der Waals surface area contributed by atoms with E-state index in [0.717, 1.165) is 0 Å². The molecule has 0 unspecified atom stereocenters. The van der Waals surface area contributed by atoms with Crippen LogP contribution in [0.5, 0.6) is 0 Å². The molecule has 0 aliphatic carbocycles. The van der Waals surface area contributed by atoms with E-state index in [2.05, 4.69) is 10.3 Å². The molecular formula is C12H11N3O3. The summed E-state index contributed by atoms with van der Waals surface area (Å²) in [5, 5.41) is 2.62. The summed E-state index contributed by atoms with van der Waals surface area (Å²) in [5.74, 6) is -0.470. The number of hydrogen-bond donors (Lipinski definition) is 2. The van der Waals surface area contributed by atoms with Crippen LogP contribution in [-0.2, 0) is 0 Å². The zero-order chi connectivity index (χ0) is 13.1. The van der Waals surface area contributed by atoms with E-state index in [1.807, 2.05) is 0 Å². The van der Waals surface area contributed by atoms with E-state index >= 15 is 0 Å². The second-order valence-electron chi connectivity index (χ2n) is 3.65. The Labute approximate surface area is 103 Å². The average Bonchev–Trinajstić information content (AvgIpc) is 2.76. The summed E-state index contributed by atoms with van der Waals surface area (Å²) in [4.78, 5) is 26.5. The number of anilines is 1. The Morgan fingerprint density at radius 2 is 1.94 bits per heavy atom. The summed E-state index contributed by atoms with van der Waals surface area (Å²) in [6.07, 6.45) is 1.28. The minimum Gasteiger partial charge on any atom is -0.448 e. The maximum absolute atomic E-state index is 11.7. The fourth-order valence-corrected chi connectivity index (χ4v) is 1.38. The van der Waals surface area contributed by atoms with Crippen LogP contribution in [0.3, 0.4) is 0 Å². The van der Waals surface area contributed by atoms with E-state index in [4.69, 9.17) is 10.2 Å². The van der Waals surface area contributed by atoms with Gasteiger partial charge < -0.3 is 15.5 Å². The number of carbonyl (C=O) groups excluding carboxylic acids is 2. The molecule has 1 heterocycles. The Kier molecular flexibility index (Phi) is 3.09. The quantitative estimate of drug-likeness (QED) is 0.852. The maximum Gasteiger partial charge on any atom is 0.277 e. The van der Waals surface area contributed by atoms with Crippen molar-refractivity contribution in [1.82, 2.24) is 4.98 Å². The first kappa shape index (κ1) is 11.8. The van der Waals surface area contributed by atoms with Crippen molar-refractivity contribution < 1.29 is 14.0 Å². The average molecular weight is 245 g/mol. The number of aromatic nitrogens is 1. The van der Waals surface area contributed by atoms with Gasteiger partial charge in [0.25, 0.3) is 5.91 Å². The van der Waals surface area contributed by atoms with Gasteiger partial charge in [0.1, 0.15) is 6.26 Å². The Balaban J connectivity index is 2.10. The van der Waals surface area contributed by atoms with Crippen LogP contribution in [0.1, 0.15) is 26.7 Å². The number of nitrogens with zero attached hydrogens (tertiary/aromatic N) is 1. The standard InChI is InChI=1S/C12H11N3O3/c1-7-14-10(6-18-7)12(17)15-9-4-2-8(3-5-9)11(13)16/h2-6H,1H3,(H2,13,16)(H,15,17). The third-order valence-corrected chi connectivity index (χ3v) is 2.28. The lowest BCUT2D eigenvalue weighted by atomic mass is 10.2. The monoisotopic (exact) mass is 245 g/mol. The molecule has 0 saturated carbocycles. The molecule has 0 bridgehead atoms. The highest BCUT2D eigenvalue weighted by molar-refractivity contribution is 6.03. The van der Waals surface area contributed by atoms with Crippen LogP contribution in [0.25, 0.3) is 0 Å². The second kappa shape index (κ2) is 4.70. The van der Waals surface area contributed by atoms with Gasteiger partial charge in [-0.05, 0) is 24.3 Å². The number of amides is 2. The molecule has 2 aromatic rings. The number of benzene rings is 1. The highest BCUT2D eigenvalue weighted by atomic mass is 16.3. The predicted molar refractivity (Wildman–Crippen MR) is 64.2 cm³/mol. The Morgan fingerprint density at radius 3 is 2.44 bits per heavy atom. The van der Waals surface area contributed by atoms with E-state index in [0.29, 0.717) is 17.1 Å². The SMILES string of the molecule is Cc1nc(C(=O)Nc2ccc(C(N)=O)cc2)co1. The van der Waals surface area contributed by atoms with Crippen molar-refractivity contribution in [3.05, 3.63) is 47.7 Å². The van der Waals surface area contributed by atoms with E-state index in [9.17, 15) is 9.59 Å². The van der Waals surface area contributed by atoms with Crippen molar-refractivity contribution in [2.45, 2.75) is 6.92 Å². The molecule has 3 N–H and O–H groups in total. The molecule has 1 aromatic heterocycles. The molecular weight excluding hydrogens is 234 g/mol. The Morgan fingerprint density at radius 1 is 1.28 bits per heavy atom. The molecule has 1 aromatic carbocycles. The van der Waals surface area contributed by atoms with E-state index in [-0.39, 0.29) is 11.6 Å². The lowest BCUT2D eigenvalue weighted by Gasteiger charge is -2.03. The highest BCUT2D eigenvalue weighted by Gasteiger charge is 2.10. The van der Waals surface area contributed by atoms with E-state index < -0.39 is 5.91 Å². The lowest BCUT2D eigenvalue weighted by Crippen LogP contribution is -2.13. The molecule has 6 nitrogen and oxygen atoms in total. The van der Waals surface area contributed by atoms with Gasteiger partial charge in [0.15, 0.2) is 11.6 Å². The zero-order valence-corrected chi connectivity index (χ0v) is 9.64. The molecule has 0 fully saturated rings. The number of oxazole rings is 1. The number of nitrogens with two attached hydrogens (primary N) is 1. The molecule has 0 radical (unpaired) electrons. The van der Waals surface area contributed by atoms with Gasteiger partial charge in [0.05, 0.1) is 0 Å². The topological polar surface area (TPSA) is 98.2 Å². The van der Waals surface area contributed by atoms with Gasteiger partial charge in [0.2, 0.25) is 5.91 Å². The van der Waals surface area contributed by atoms with Crippen LogP contribution in [0.15, 0.2) is 34.9 Å². The van der Waals surface area contributed by atoms with Crippen molar-refractivity contribution in [1.29, 1.82) is 0 Å². The molecule has 0 aliphatic rings. The number of aryl methyl sites for hydroxylation is 1. The largest absolute Gasteiger partial charge is 0.448 e. The number of hydrogen-bond acceptors (Lipinski definition) is 4. The maximum atomic E-state index is 11.7. The summed E-state index contributed by atoms with van der Waals surface area (Å²) >= 11 is 0. The number of rotatable bonds is 3. The van der Waals surface area contributed by atoms with Gasteiger partial charge in [-0.1, -0.05) is 0 Å². The zero-order valence-electron chi connectivity index (χ0n) is 9.64. The molecule has 18 heavy (non-hydrogen) atoms. The summed E-state index contributed by atoms with van der Waals surface area (Å²) in [7, 11) is 0. The van der Waals surface area contributed by atoms with Gasteiger partial charge in [-0.3, -0.25) is 9.59 Å². The first-order valence-corrected chi connectivity index (χ1v) is 5.19. The van der Waals surface area contributed by atoms with E-state index in [1.54, 1.807) is 19.1 Å². The van der Waals surface area contributed by atoms with Gasteiger partial charge in [-0.15, -0.1) is 0 Å². The van der Waals surface area contributed by atoms with Crippen LogP contribution in [0.4, 0.5) is 5.69 Å². The fourth-order valence-electron chi connectivity index (χ4n) is 1.38. The third-order valence-electron chi connectivity index (χ3n) is 2.28. The summed E-state index contributed by atoms with van der Waals surface area (Å²) in [6.45, 7) is 1.65. The molecule has 0 saturated heterocycles. The fraction of sp³-hybridized carbons (Fsp3) is 0.0833. The number of nitrogens with one attached hydrogen (secondary N) is 1. The molecule has 92 valence electrons. The first-order chi connectivity index (χ1) is 8.56. The Hall–Kier alpha value is -2.63. The summed E-state index contributed by atoms with van der Waals surface area (Å²) in [6, 6.07) is 6.24. The Bertz CT molecular complexity index is 587. The number of carbonyl (C=O) groups is 2. The summed E-state index contributed by atoms with van der Waals surface area (Å²) < 4.78 is 4.94. The number of primary amides is 1.